The Morgan fingerprint density at radius 1 is 1.53 bits per heavy atom. The molecule has 0 aliphatic carbocycles. The van der Waals surface area contributed by atoms with Crippen molar-refractivity contribution in [1.82, 2.24) is 10.6 Å². The Morgan fingerprint density at radius 2 is 2.37 bits per heavy atom. The maximum atomic E-state index is 13.4. The molecule has 0 saturated carbocycles. The van der Waals surface area contributed by atoms with Crippen molar-refractivity contribution in [3.8, 4) is 5.75 Å². The van der Waals surface area contributed by atoms with Gasteiger partial charge in [-0.05, 0) is 38.1 Å². The number of carbonyl (C=O) groups excluding carboxylic acids is 1. The molecule has 0 spiro atoms. The predicted octanol–water partition coefficient (Wildman–Crippen LogP) is 1.77. The van der Waals surface area contributed by atoms with Gasteiger partial charge < -0.3 is 15.4 Å². The van der Waals surface area contributed by atoms with Crippen molar-refractivity contribution < 1.29 is 13.9 Å². The number of benzene rings is 1. The van der Waals surface area contributed by atoms with Crippen LogP contribution in [0.1, 0.15) is 30.9 Å². The molecule has 1 aromatic rings. The summed E-state index contributed by atoms with van der Waals surface area (Å²) in [5, 5.41) is 5.88. The zero-order chi connectivity index (χ0) is 13.7. The van der Waals surface area contributed by atoms with Crippen LogP contribution in [0.25, 0.3) is 0 Å². The average Bonchev–Trinajstić information content (AvgIpc) is 2.59. The summed E-state index contributed by atoms with van der Waals surface area (Å²) in [5.74, 6) is 0.327. The number of hydrogen-bond acceptors (Lipinski definition) is 3. The fraction of sp³-hybridized carbons (Fsp3) is 0.500. The van der Waals surface area contributed by atoms with E-state index in [4.69, 9.17) is 4.74 Å². The van der Waals surface area contributed by atoms with Gasteiger partial charge in [0.2, 0.25) is 5.91 Å². The highest BCUT2D eigenvalue weighted by Gasteiger charge is 2.21. The van der Waals surface area contributed by atoms with Gasteiger partial charge in [-0.2, -0.15) is 0 Å². The van der Waals surface area contributed by atoms with E-state index in [1.807, 2.05) is 0 Å². The molecular weight excluding hydrogens is 247 g/mol. The highest BCUT2D eigenvalue weighted by molar-refractivity contribution is 5.76. The van der Waals surface area contributed by atoms with Crippen LogP contribution in [-0.4, -0.2) is 26.1 Å². The van der Waals surface area contributed by atoms with Gasteiger partial charge in [-0.1, -0.05) is 0 Å². The first-order chi connectivity index (χ1) is 9.20. The Labute approximate surface area is 112 Å². The van der Waals surface area contributed by atoms with E-state index in [1.165, 1.54) is 12.1 Å². The maximum absolute atomic E-state index is 13.4. The standard InChI is InChI=1S/C14H19FN2O2/c1-16-7-6-14(18)17-12-3-2-8-19-13-5-4-10(15)9-11(12)13/h4-5,9,12,16H,2-3,6-8H2,1H3,(H,17,18). The van der Waals surface area contributed by atoms with Crippen LogP contribution in [-0.2, 0) is 4.79 Å². The first-order valence-electron chi connectivity index (χ1n) is 6.57. The van der Waals surface area contributed by atoms with Gasteiger partial charge in [0.15, 0.2) is 0 Å². The first-order valence-corrected chi connectivity index (χ1v) is 6.57. The average molecular weight is 266 g/mol. The second-order valence-corrected chi connectivity index (χ2v) is 4.65. The summed E-state index contributed by atoms with van der Waals surface area (Å²) in [6.45, 7) is 1.23. The number of amides is 1. The Kier molecular flexibility index (Phi) is 4.74. The lowest BCUT2D eigenvalue weighted by Crippen LogP contribution is -2.30. The van der Waals surface area contributed by atoms with Crippen molar-refractivity contribution in [2.45, 2.75) is 25.3 Å². The predicted molar refractivity (Wildman–Crippen MR) is 70.6 cm³/mol. The molecule has 1 unspecified atom stereocenters. The quantitative estimate of drug-likeness (QED) is 0.873. The molecule has 1 atom stereocenters. The van der Waals surface area contributed by atoms with Crippen molar-refractivity contribution in [3.05, 3.63) is 29.6 Å². The maximum Gasteiger partial charge on any atom is 0.221 e. The second kappa shape index (κ2) is 6.52. The topological polar surface area (TPSA) is 50.4 Å². The number of ether oxygens (including phenoxy) is 1. The molecule has 1 aliphatic rings. The Bertz CT molecular complexity index is 451. The van der Waals surface area contributed by atoms with Crippen LogP contribution in [0.5, 0.6) is 5.75 Å². The molecule has 0 saturated heterocycles. The zero-order valence-electron chi connectivity index (χ0n) is 11.0. The minimum absolute atomic E-state index is 0.0311. The molecule has 2 N–H and O–H groups in total. The summed E-state index contributed by atoms with van der Waals surface area (Å²) in [7, 11) is 1.80. The molecule has 1 amide bonds. The van der Waals surface area contributed by atoms with E-state index in [-0.39, 0.29) is 17.8 Å². The molecule has 1 aliphatic heterocycles. The van der Waals surface area contributed by atoms with Gasteiger partial charge in [0.05, 0.1) is 12.6 Å². The Morgan fingerprint density at radius 3 is 3.16 bits per heavy atom. The molecule has 0 radical (unpaired) electrons. The summed E-state index contributed by atoms with van der Waals surface area (Å²) >= 11 is 0. The number of carbonyl (C=O) groups is 1. The number of rotatable bonds is 4. The molecular formula is C14H19FN2O2. The normalized spacial score (nSPS) is 18.1. The lowest BCUT2D eigenvalue weighted by atomic mass is 10.0. The van der Waals surface area contributed by atoms with Gasteiger partial charge in [0, 0.05) is 18.5 Å². The summed E-state index contributed by atoms with van der Waals surface area (Å²) in [6.07, 6.45) is 2.02. The van der Waals surface area contributed by atoms with Crippen molar-refractivity contribution in [1.29, 1.82) is 0 Å². The van der Waals surface area contributed by atoms with Gasteiger partial charge in [-0.15, -0.1) is 0 Å². The Hall–Kier alpha value is -1.62. The van der Waals surface area contributed by atoms with Gasteiger partial charge in [0.1, 0.15) is 11.6 Å². The lowest BCUT2D eigenvalue weighted by molar-refractivity contribution is -0.121. The van der Waals surface area contributed by atoms with E-state index in [0.717, 1.165) is 18.4 Å². The summed E-state index contributed by atoms with van der Waals surface area (Å²) in [6, 6.07) is 4.29. The van der Waals surface area contributed by atoms with E-state index in [0.29, 0.717) is 25.3 Å². The monoisotopic (exact) mass is 266 g/mol. The number of halogens is 1. The number of hydrogen-bond donors (Lipinski definition) is 2. The van der Waals surface area contributed by atoms with Gasteiger partial charge in [-0.3, -0.25) is 4.79 Å². The van der Waals surface area contributed by atoms with Crippen molar-refractivity contribution in [2.24, 2.45) is 0 Å². The first kappa shape index (κ1) is 13.8. The SMILES string of the molecule is CNCCC(=O)NC1CCCOc2ccc(F)cc21. The van der Waals surface area contributed by atoms with Crippen LogP contribution < -0.4 is 15.4 Å². The van der Waals surface area contributed by atoms with Crippen LogP contribution in [0.15, 0.2) is 18.2 Å². The molecule has 0 bridgehead atoms. The summed E-state index contributed by atoms with van der Waals surface area (Å²) < 4.78 is 18.9. The minimum atomic E-state index is -0.307. The molecule has 0 aromatic heterocycles. The smallest absolute Gasteiger partial charge is 0.221 e. The highest BCUT2D eigenvalue weighted by atomic mass is 19.1. The van der Waals surface area contributed by atoms with Crippen LogP contribution in [0, 0.1) is 5.82 Å². The molecule has 1 aromatic carbocycles. The van der Waals surface area contributed by atoms with Crippen molar-refractivity contribution in [2.75, 3.05) is 20.2 Å². The highest BCUT2D eigenvalue weighted by Crippen LogP contribution is 2.32. The zero-order valence-corrected chi connectivity index (χ0v) is 11.0. The van der Waals surface area contributed by atoms with Crippen LogP contribution >= 0.6 is 0 Å². The largest absolute Gasteiger partial charge is 0.493 e. The third kappa shape index (κ3) is 3.67. The van der Waals surface area contributed by atoms with E-state index in [9.17, 15) is 9.18 Å². The second-order valence-electron chi connectivity index (χ2n) is 4.65. The van der Waals surface area contributed by atoms with E-state index < -0.39 is 0 Å². The molecule has 4 nitrogen and oxygen atoms in total. The molecule has 0 fully saturated rings. The fourth-order valence-electron chi connectivity index (χ4n) is 2.20. The van der Waals surface area contributed by atoms with Crippen molar-refractivity contribution >= 4 is 5.91 Å². The van der Waals surface area contributed by atoms with Crippen LogP contribution in [0.3, 0.4) is 0 Å². The van der Waals surface area contributed by atoms with Gasteiger partial charge >= 0.3 is 0 Å². The summed E-state index contributed by atoms with van der Waals surface area (Å²) in [4.78, 5) is 11.8. The van der Waals surface area contributed by atoms with E-state index in [1.54, 1.807) is 13.1 Å². The lowest BCUT2D eigenvalue weighted by Gasteiger charge is -2.18. The molecule has 2 rings (SSSR count). The fourth-order valence-corrected chi connectivity index (χ4v) is 2.20. The molecule has 104 valence electrons. The van der Waals surface area contributed by atoms with Crippen LogP contribution in [0.4, 0.5) is 4.39 Å². The van der Waals surface area contributed by atoms with E-state index >= 15 is 0 Å². The number of nitrogens with one attached hydrogen (secondary N) is 2. The van der Waals surface area contributed by atoms with E-state index in [2.05, 4.69) is 10.6 Å². The van der Waals surface area contributed by atoms with Gasteiger partial charge in [0.25, 0.3) is 0 Å². The molecule has 19 heavy (non-hydrogen) atoms. The third-order valence-electron chi connectivity index (χ3n) is 3.18. The van der Waals surface area contributed by atoms with Gasteiger partial charge in [-0.25, -0.2) is 4.39 Å². The molecule has 1 heterocycles. The minimum Gasteiger partial charge on any atom is -0.493 e. The van der Waals surface area contributed by atoms with Crippen molar-refractivity contribution in [3.63, 3.8) is 0 Å². The molecule has 5 heteroatoms. The third-order valence-corrected chi connectivity index (χ3v) is 3.18. The summed E-state index contributed by atoms with van der Waals surface area (Å²) in [5.41, 5.74) is 0.732. The Balaban J connectivity index is 2.12. The number of fused-ring (bicyclic) bond motifs is 1. The van der Waals surface area contributed by atoms with Crippen LogP contribution in [0.2, 0.25) is 0 Å².